The smallest absolute Gasteiger partial charge is 0.123 e. The molecule has 4 aromatic rings. The van der Waals surface area contributed by atoms with Gasteiger partial charge < -0.3 is 4.74 Å². The van der Waals surface area contributed by atoms with E-state index in [2.05, 4.69) is 29.0 Å². The van der Waals surface area contributed by atoms with Crippen LogP contribution in [-0.2, 0) is 0 Å². The quantitative estimate of drug-likeness (QED) is 0.487. The molecule has 2 aromatic carbocycles. The van der Waals surface area contributed by atoms with Crippen molar-refractivity contribution in [1.29, 1.82) is 0 Å². The van der Waals surface area contributed by atoms with Crippen molar-refractivity contribution in [1.82, 2.24) is 9.97 Å². The number of hydrogen-bond donors (Lipinski definition) is 0. The standard InChI is InChI=1S/C18H14N2O/c1-11-7-14-16(8-17(11)21-2)20-10-12-9-19-15-6-4-3-5-13(15)18(12)14/h3-10H,1-2H3. The summed E-state index contributed by atoms with van der Waals surface area (Å²) in [5.74, 6) is 0.868. The summed E-state index contributed by atoms with van der Waals surface area (Å²) in [4.78, 5) is 9.05. The van der Waals surface area contributed by atoms with Crippen molar-refractivity contribution >= 4 is 32.6 Å². The maximum atomic E-state index is 5.40. The van der Waals surface area contributed by atoms with Gasteiger partial charge in [-0.1, -0.05) is 18.2 Å². The third kappa shape index (κ3) is 1.74. The molecule has 0 atom stereocenters. The van der Waals surface area contributed by atoms with E-state index < -0.39 is 0 Å². The third-order valence-corrected chi connectivity index (χ3v) is 3.93. The summed E-state index contributed by atoms with van der Waals surface area (Å²) in [5, 5.41) is 4.57. The van der Waals surface area contributed by atoms with Gasteiger partial charge in [-0.05, 0) is 24.6 Å². The van der Waals surface area contributed by atoms with Crippen molar-refractivity contribution in [2.75, 3.05) is 7.11 Å². The van der Waals surface area contributed by atoms with Crippen molar-refractivity contribution < 1.29 is 4.74 Å². The first-order valence-electron chi connectivity index (χ1n) is 6.89. The number of methoxy groups -OCH3 is 1. The molecule has 0 spiro atoms. The molecule has 0 bridgehead atoms. The molecule has 4 rings (SSSR count). The van der Waals surface area contributed by atoms with Crippen LogP contribution in [0.3, 0.4) is 0 Å². The van der Waals surface area contributed by atoms with Gasteiger partial charge in [-0.15, -0.1) is 0 Å². The Labute approximate surface area is 122 Å². The molecular weight excluding hydrogens is 260 g/mol. The fraction of sp³-hybridized carbons (Fsp3) is 0.111. The second kappa shape index (κ2) is 4.42. The van der Waals surface area contributed by atoms with Crippen molar-refractivity contribution in [3.63, 3.8) is 0 Å². The number of pyridine rings is 2. The molecule has 0 aliphatic carbocycles. The van der Waals surface area contributed by atoms with E-state index in [4.69, 9.17) is 4.74 Å². The van der Waals surface area contributed by atoms with Gasteiger partial charge in [-0.3, -0.25) is 9.97 Å². The van der Waals surface area contributed by atoms with Crippen LogP contribution in [0.15, 0.2) is 48.8 Å². The molecule has 21 heavy (non-hydrogen) atoms. The summed E-state index contributed by atoms with van der Waals surface area (Å²) in [7, 11) is 1.69. The van der Waals surface area contributed by atoms with E-state index in [0.29, 0.717) is 0 Å². The molecule has 0 saturated carbocycles. The number of ether oxygens (including phenoxy) is 1. The predicted molar refractivity (Wildman–Crippen MR) is 85.8 cm³/mol. The van der Waals surface area contributed by atoms with Gasteiger partial charge in [0.05, 0.1) is 18.1 Å². The Balaban J connectivity index is 2.26. The lowest BCUT2D eigenvalue weighted by molar-refractivity contribution is 0.412. The number of para-hydroxylation sites is 1. The lowest BCUT2D eigenvalue weighted by Gasteiger charge is -2.10. The highest BCUT2D eigenvalue weighted by molar-refractivity contribution is 6.18. The third-order valence-electron chi connectivity index (χ3n) is 3.93. The number of aryl methyl sites for hydroxylation is 1. The van der Waals surface area contributed by atoms with Gasteiger partial charge in [0.15, 0.2) is 0 Å². The fourth-order valence-electron chi connectivity index (χ4n) is 2.90. The lowest BCUT2D eigenvalue weighted by Crippen LogP contribution is -1.91. The monoisotopic (exact) mass is 274 g/mol. The molecule has 0 amide bonds. The molecule has 0 aliphatic heterocycles. The first-order chi connectivity index (χ1) is 10.3. The summed E-state index contributed by atoms with van der Waals surface area (Å²) in [6, 6.07) is 12.4. The van der Waals surface area contributed by atoms with Crippen molar-refractivity contribution in [3.8, 4) is 5.75 Å². The highest BCUT2D eigenvalue weighted by Gasteiger charge is 2.09. The van der Waals surface area contributed by atoms with Crippen LogP contribution in [0.2, 0.25) is 0 Å². The minimum atomic E-state index is 0.868. The molecule has 3 nitrogen and oxygen atoms in total. The van der Waals surface area contributed by atoms with Crippen LogP contribution in [0, 0.1) is 6.92 Å². The van der Waals surface area contributed by atoms with Gasteiger partial charge in [0.2, 0.25) is 0 Å². The van der Waals surface area contributed by atoms with Crippen molar-refractivity contribution in [3.05, 3.63) is 54.4 Å². The predicted octanol–water partition coefficient (Wildman–Crippen LogP) is 4.25. The summed E-state index contributed by atoms with van der Waals surface area (Å²) in [5.41, 5.74) is 3.06. The zero-order chi connectivity index (χ0) is 14.4. The number of rotatable bonds is 1. The summed E-state index contributed by atoms with van der Waals surface area (Å²) in [6.45, 7) is 2.06. The van der Waals surface area contributed by atoms with Crippen LogP contribution in [0.25, 0.3) is 32.6 Å². The molecule has 2 aromatic heterocycles. The van der Waals surface area contributed by atoms with Crippen molar-refractivity contribution in [2.24, 2.45) is 0 Å². The van der Waals surface area contributed by atoms with E-state index in [9.17, 15) is 0 Å². The molecule has 3 heteroatoms. The highest BCUT2D eigenvalue weighted by Crippen LogP contribution is 2.32. The lowest BCUT2D eigenvalue weighted by atomic mass is 10.0. The molecule has 0 unspecified atom stereocenters. The van der Waals surface area contributed by atoms with E-state index >= 15 is 0 Å². The first-order valence-corrected chi connectivity index (χ1v) is 6.89. The summed E-state index contributed by atoms with van der Waals surface area (Å²) >= 11 is 0. The van der Waals surface area contributed by atoms with Crippen LogP contribution in [-0.4, -0.2) is 17.1 Å². The highest BCUT2D eigenvalue weighted by atomic mass is 16.5. The number of hydrogen-bond acceptors (Lipinski definition) is 3. The maximum Gasteiger partial charge on any atom is 0.123 e. The largest absolute Gasteiger partial charge is 0.496 e. The SMILES string of the molecule is COc1cc2ncc3cnc4ccccc4c3c2cc1C. The maximum absolute atomic E-state index is 5.40. The van der Waals surface area contributed by atoms with Crippen LogP contribution < -0.4 is 4.74 Å². The van der Waals surface area contributed by atoms with Gasteiger partial charge in [0, 0.05) is 40.0 Å². The molecule has 0 aliphatic rings. The van der Waals surface area contributed by atoms with Crippen LogP contribution in [0.1, 0.15) is 5.56 Å². The second-order valence-electron chi connectivity index (χ2n) is 5.20. The number of benzene rings is 2. The Kier molecular flexibility index (Phi) is 2.54. The van der Waals surface area contributed by atoms with Gasteiger partial charge in [0.1, 0.15) is 5.75 Å². The Morgan fingerprint density at radius 1 is 0.905 bits per heavy atom. The molecule has 0 fully saturated rings. The van der Waals surface area contributed by atoms with Gasteiger partial charge in [-0.25, -0.2) is 0 Å². The molecule has 0 saturated heterocycles. The van der Waals surface area contributed by atoms with Crippen LogP contribution in [0.5, 0.6) is 5.75 Å². The minimum Gasteiger partial charge on any atom is -0.496 e. The molecule has 0 radical (unpaired) electrons. The fourth-order valence-corrected chi connectivity index (χ4v) is 2.90. The van der Waals surface area contributed by atoms with E-state index in [1.165, 1.54) is 5.39 Å². The van der Waals surface area contributed by atoms with E-state index in [1.807, 2.05) is 36.7 Å². The normalized spacial score (nSPS) is 11.3. The van der Waals surface area contributed by atoms with Gasteiger partial charge in [0.25, 0.3) is 0 Å². The number of nitrogens with zero attached hydrogens (tertiary/aromatic N) is 2. The van der Waals surface area contributed by atoms with Crippen molar-refractivity contribution in [2.45, 2.75) is 6.92 Å². The first kappa shape index (κ1) is 12.1. The Bertz CT molecular complexity index is 992. The Morgan fingerprint density at radius 3 is 2.48 bits per heavy atom. The van der Waals surface area contributed by atoms with Crippen LogP contribution >= 0.6 is 0 Å². The number of aromatic nitrogens is 2. The van der Waals surface area contributed by atoms with Crippen LogP contribution in [0.4, 0.5) is 0 Å². The average molecular weight is 274 g/mol. The van der Waals surface area contributed by atoms with E-state index in [-0.39, 0.29) is 0 Å². The van der Waals surface area contributed by atoms with Gasteiger partial charge >= 0.3 is 0 Å². The summed E-state index contributed by atoms with van der Waals surface area (Å²) < 4.78 is 5.40. The van der Waals surface area contributed by atoms with E-state index in [0.717, 1.165) is 38.5 Å². The Hall–Kier alpha value is -2.68. The minimum absolute atomic E-state index is 0.868. The molecule has 2 heterocycles. The average Bonchev–Trinajstić information content (AvgIpc) is 2.53. The van der Waals surface area contributed by atoms with E-state index in [1.54, 1.807) is 7.11 Å². The summed E-state index contributed by atoms with van der Waals surface area (Å²) in [6.07, 6.45) is 3.77. The zero-order valence-electron chi connectivity index (χ0n) is 11.9. The molecule has 102 valence electrons. The van der Waals surface area contributed by atoms with Gasteiger partial charge in [-0.2, -0.15) is 0 Å². The Morgan fingerprint density at radius 2 is 1.67 bits per heavy atom. The zero-order valence-corrected chi connectivity index (χ0v) is 11.9. The second-order valence-corrected chi connectivity index (χ2v) is 5.20. The number of fused-ring (bicyclic) bond motifs is 5. The molecular formula is C18H14N2O. The topological polar surface area (TPSA) is 35.0 Å². The molecule has 0 N–H and O–H groups in total.